The highest BCUT2D eigenvalue weighted by Crippen LogP contribution is 2.27. The summed E-state index contributed by atoms with van der Waals surface area (Å²) >= 11 is 0. The number of rotatable bonds is 7. The fourth-order valence-electron chi connectivity index (χ4n) is 3.11. The largest absolute Gasteiger partial charge is 0.240 e. The molecule has 4 heteroatoms. The van der Waals surface area contributed by atoms with E-state index in [1.54, 1.807) is 12.1 Å². The van der Waals surface area contributed by atoms with Crippen LogP contribution in [0.5, 0.6) is 0 Å². The van der Waals surface area contributed by atoms with E-state index in [9.17, 15) is 8.42 Å². The molecular weight excluding hydrogens is 306 g/mol. The third-order valence-corrected chi connectivity index (χ3v) is 6.07. The Bertz CT molecular complexity index is 605. The van der Waals surface area contributed by atoms with Crippen LogP contribution in [0.3, 0.4) is 0 Å². The van der Waals surface area contributed by atoms with E-state index in [2.05, 4.69) is 23.8 Å². The third kappa shape index (κ3) is 5.47. The fraction of sp³-hybridized carbons (Fsp3) is 0.579. The van der Waals surface area contributed by atoms with Gasteiger partial charge in [0, 0.05) is 6.04 Å². The van der Waals surface area contributed by atoms with Crippen LogP contribution in [0.2, 0.25) is 0 Å². The first-order valence-electron chi connectivity index (χ1n) is 8.78. The molecule has 3 nitrogen and oxygen atoms in total. The lowest BCUT2D eigenvalue weighted by Crippen LogP contribution is -2.41. The Hall–Kier alpha value is -1.13. The Balaban J connectivity index is 2.05. The number of aryl methyl sites for hydroxylation is 1. The summed E-state index contributed by atoms with van der Waals surface area (Å²) < 4.78 is 28.1. The first kappa shape index (κ1) is 18.2. The minimum atomic E-state index is -3.43. The number of hydrogen-bond acceptors (Lipinski definition) is 2. The molecule has 1 saturated carbocycles. The second-order valence-electron chi connectivity index (χ2n) is 6.56. The van der Waals surface area contributed by atoms with Gasteiger partial charge in [-0.3, -0.25) is 0 Å². The van der Waals surface area contributed by atoms with Crippen molar-refractivity contribution >= 4 is 10.0 Å². The second-order valence-corrected chi connectivity index (χ2v) is 8.27. The number of nitrogens with one attached hydrogen (secondary N) is 1. The highest BCUT2D eigenvalue weighted by atomic mass is 32.2. The summed E-state index contributed by atoms with van der Waals surface area (Å²) in [4.78, 5) is 0.363. The van der Waals surface area contributed by atoms with Gasteiger partial charge in [0.05, 0.1) is 4.90 Å². The van der Waals surface area contributed by atoms with Gasteiger partial charge in [-0.2, -0.15) is 0 Å². The molecule has 0 amide bonds. The Morgan fingerprint density at radius 3 is 2.57 bits per heavy atom. The maximum Gasteiger partial charge on any atom is 0.240 e. The molecule has 1 N–H and O–H groups in total. The molecule has 0 radical (unpaired) electrons. The highest BCUT2D eigenvalue weighted by Gasteiger charge is 2.27. The van der Waals surface area contributed by atoms with E-state index in [1.165, 1.54) is 19.3 Å². The number of unbranched alkanes of at least 4 members (excludes halogenated alkanes) is 2. The monoisotopic (exact) mass is 335 g/mol. The maximum atomic E-state index is 12.6. The zero-order chi connectivity index (χ0) is 16.7. The van der Waals surface area contributed by atoms with Crippen LogP contribution in [0.4, 0.5) is 0 Å². The third-order valence-electron chi connectivity index (χ3n) is 4.56. The Morgan fingerprint density at radius 1 is 1.17 bits per heavy atom. The molecule has 0 bridgehead atoms. The van der Waals surface area contributed by atoms with Gasteiger partial charge in [0.15, 0.2) is 0 Å². The molecule has 0 heterocycles. The normalized spacial score (nSPS) is 22.5. The summed E-state index contributed by atoms with van der Waals surface area (Å²) in [5, 5.41) is 0. The molecule has 2 rings (SSSR count). The van der Waals surface area contributed by atoms with Crippen LogP contribution in [0.1, 0.15) is 57.4 Å². The molecule has 1 fully saturated rings. The molecule has 1 aromatic carbocycles. The van der Waals surface area contributed by atoms with Crippen molar-refractivity contribution in [1.29, 1.82) is 0 Å². The molecule has 0 aromatic heterocycles. The zero-order valence-electron chi connectivity index (χ0n) is 14.3. The van der Waals surface area contributed by atoms with Crippen LogP contribution in [-0.2, 0) is 10.0 Å². The van der Waals surface area contributed by atoms with E-state index in [0.717, 1.165) is 31.2 Å². The van der Waals surface area contributed by atoms with E-state index >= 15 is 0 Å². The van der Waals surface area contributed by atoms with Crippen molar-refractivity contribution in [2.75, 3.05) is 0 Å². The predicted molar refractivity (Wildman–Crippen MR) is 95.9 cm³/mol. The van der Waals surface area contributed by atoms with E-state index in [4.69, 9.17) is 0 Å². The smallest absolute Gasteiger partial charge is 0.207 e. The van der Waals surface area contributed by atoms with Crippen molar-refractivity contribution in [3.63, 3.8) is 0 Å². The minimum absolute atomic E-state index is 0.0212. The van der Waals surface area contributed by atoms with Gasteiger partial charge in [-0.15, -0.1) is 0 Å². The van der Waals surface area contributed by atoms with Crippen LogP contribution in [0.25, 0.3) is 0 Å². The van der Waals surface area contributed by atoms with Crippen molar-refractivity contribution in [1.82, 2.24) is 4.72 Å². The molecule has 1 aromatic rings. The number of hydrogen-bond donors (Lipinski definition) is 1. The molecule has 0 saturated heterocycles. The summed E-state index contributed by atoms with van der Waals surface area (Å²) in [6, 6.07) is 7.09. The van der Waals surface area contributed by atoms with Gasteiger partial charge < -0.3 is 0 Å². The van der Waals surface area contributed by atoms with Crippen molar-refractivity contribution in [3.8, 4) is 0 Å². The van der Waals surface area contributed by atoms with Gasteiger partial charge in [-0.25, -0.2) is 13.1 Å². The average Bonchev–Trinajstić information content (AvgIpc) is 2.53. The molecular formula is C19H29NO2S. The first-order valence-corrected chi connectivity index (χ1v) is 10.3. The summed E-state index contributed by atoms with van der Waals surface area (Å²) in [6.07, 6.45) is 12.2. The van der Waals surface area contributed by atoms with E-state index in [-0.39, 0.29) is 6.04 Å². The summed E-state index contributed by atoms with van der Waals surface area (Å²) in [5.41, 5.74) is 1.07. The molecule has 23 heavy (non-hydrogen) atoms. The van der Waals surface area contributed by atoms with Crippen molar-refractivity contribution in [2.45, 2.75) is 69.7 Å². The SMILES string of the molecule is CCCC/C=C/[C@H]1CCCC[C@H]1NS(=O)(=O)c1ccc(C)cc1. The Kier molecular flexibility index (Phi) is 6.85. The van der Waals surface area contributed by atoms with E-state index in [0.29, 0.717) is 10.8 Å². The Morgan fingerprint density at radius 2 is 1.87 bits per heavy atom. The molecule has 0 aliphatic heterocycles. The van der Waals surface area contributed by atoms with Gasteiger partial charge in [0.2, 0.25) is 10.0 Å². The van der Waals surface area contributed by atoms with Crippen molar-refractivity contribution in [2.24, 2.45) is 5.92 Å². The second kappa shape index (κ2) is 8.65. The molecule has 0 spiro atoms. The maximum absolute atomic E-state index is 12.6. The number of allylic oxidation sites excluding steroid dienone is 1. The number of benzene rings is 1. The highest BCUT2D eigenvalue weighted by molar-refractivity contribution is 7.89. The van der Waals surface area contributed by atoms with Gasteiger partial charge in [0.25, 0.3) is 0 Å². The van der Waals surface area contributed by atoms with Gasteiger partial charge in [-0.1, -0.05) is 62.5 Å². The lowest BCUT2D eigenvalue weighted by molar-refractivity contribution is 0.338. The first-order chi connectivity index (χ1) is 11.0. The standard InChI is InChI=1S/C19H29NO2S/c1-3-4-5-6-9-17-10-7-8-11-19(17)20-23(21,22)18-14-12-16(2)13-15-18/h6,9,12-15,17,19-20H,3-5,7-8,10-11H2,1-2H3/b9-6+/t17-,19+/m0/s1. The van der Waals surface area contributed by atoms with E-state index in [1.807, 2.05) is 19.1 Å². The molecule has 1 aliphatic carbocycles. The minimum Gasteiger partial charge on any atom is -0.207 e. The number of sulfonamides is 1. The fourth-order valence-corrected chi connectivity index (χ4v) is 4.44. The van der Waals surface area contributed by atoms with Crippen LogP contribution in [0, 0.1) is 12.8 Å². The van der Waals surface area contributed by atoms with Gasteiger partial charge >= 0.3 is 0 Å². The predicted octanol–water partition coefficient (Wildman–Crippen LogP) is 4.58. The lowest BCUT2D eigenvalue weighted by atomic mass is 9.85. The lowest BCUT2D eigenvalue weighted by Gasteiger charge is -2.30. The molecule has 0 unspecified atom stereocenters. The molecule has 1 aliphatic rings. The van der Waals surface area contributed by atoms with Crippen LogP contribution in [-0.4, -0.2) is 14.5 Å². The molecule has 128 valence electrons. The van der Waals surface area contributed by atoms with Gasteiger partial charge in [0.1, 0.15) is 0 Å². The van der Waals surface area contributed by atoms with Gasteiger partial charge in [-0.05, 0) is 44.2 Å². The molecule has 2 atom stereocenters. The van der Waals surface area contributed by atoms with Crippen LogP contribution < -0.4 is 4.72 Å². The van der Waals surface area contributed by atoms with E-state index < -0.39 is 10.0 Å². The van der Waals surface area contributed by atoms with Crippen LogP contribution in [0.15, 0.2) is 41.3 Å². The average molecular weight is 336 g/mol. The summed E-state index contributed by atoms with van der Waals surface area (Å²) in [5.74, 6) is 0.320. The zero-order valence-corrected chi connectivity index (χ0v) is 15.1. The summed E-state index contributed by atoms with van der Waals surface area (Å²) in [7, 11) is -3.43. The topological polar surface area (TPSA) is 46.2 Å². The summed E-state index contributed by atoms with van der Waals surface area (Å²) in [6.45, 7) is 4.15. The van der Waals surface area contributed by atoms with Crippen molar-refractivity contribution in [3.05, 3.63) is 42.0 Å². The van der Waals surface area contributed by atoms with Crippen molar-refractivity contribution < 1.29 is 8.42 Å². The quantitative estimate of drug-likeness (QED) is 0.585. The Labute approximate surface area is 141 Å². The van der Waals surface area contributed by atoms with Crippen LogP contribution >= 0.6 is 0 Å².